The average Bonchev–Trinajstić information content (AvgIpc) is 3.42. The number of nitrogens with zero attached hydrogens (tertiary/aromatic N) is 3. The smallest absolute Gasteiger partial charge is 0.416 e. The number of fused-ring (bicyclic) bond motifs is 1. The predicted octanol–water partition coefficient (Wildman–Crippen LogP) is 6.43. The fourth-order valence-electron chi connectivity index (χ4n) is 6.16. The van der Waals surface area contributed by atoms with Crippen molar-refractivity contribution in [2.45, 2.75) is 76.2 Å². The molecule has 2 aliphatic heterocycles. The number of hydrogen-bond donors (Lipinski definition) is 0. The van der Waals surface area contributed by atoms with E-state index in [1.807, 2.05) is 26.0 Å². The first-order valence-corrected chi connectivity index (χ1v) is 13.4. The number of amides is 1. The van der Waals surface area contributed by atoms with Crippen molar-refractivity contribution in [3.63, 3.8) is 0 Å². The second-order valence-corrected chi connectivity index (χ2v) is 11.4. The van der Waals surface area contributed by atoms with Crippen LogP contribution in [-0.4, -0.2) is 41.6 Å². The zero-order chi connectivity index (χ0) is 27.1. The summed E-state index contributed by atoms with van der Waals surface area (Å²) in [6.45, 7) is 5.77. The van der Waals surface area contributed by atoms with Crippen LogP contribution in [0.4, 0.5) is 13.2 Å². The molecule has 2 unspecified atom stereocenters. The molecule has 38 heavy (non-hydrogen) atoms. The Morgan fingerprint density at radius 2 is 1.76 bits per heavy atom. The molecule has 204 valence electrons. The van der Waals surface area contributed by atoms with Crippen LogP contribution in [0.3, 0.4) is 0 Å². The summed E-state index contributed by atoms with van der Waals surface area (Å²) in [5.74, 6) is 0.669. The van der Waals surface area contributed by atoms with E-state index in [2.05, 4.69) is 22.2 Å². The maximum Gasteiger partial charge on any atom is 0.416 e. The van der Waals surface area contributed by atoms with Crippen LogP contribution in [0.2, 0.25) is 0 Å². The molecule has 0 radical (unpaired) electrons. The third kappa shape index (κ3) is 5.44. The van der Waals surface area contributed by atoms with Crippen LogP contribution in [0.5, 0.6) is 5.75 Å². The van der Waals surface area contributed by atoms with Crippen molar-refractivity contribution < 1.29 is 22.7 Å². The highest BCUT2D eigenvalue weighted by molar-refractivity contribution is 5.79. The summed E-state index contributed by atoms with van der Waals surface area (Å²) in [4.78, 5) is 28.6. The van der Waals surface area contributed by atoms with E-state index in [4.69, 9.17) is 4.74 Å². The maximum absolute atomic E-state index is 13.3. The predicted molar refractivity (Wildman–Crippen MR) is 137 cm³/mol. The van der Waals surface area contributed by atoms with Gasteiger partial charge in [-0.05, 0) is 94.3 Å². The number of hydrogen-bond acceptors (Lipinski definition) is 5. The number of likely N-dealkylation sites (tertiary alicyclic amines) is 1. The zero-order valence-electron chi connectivity index (χ0n) is 21.8. The van der Waals surface area contributed by atoms with E-state index in [1.165, 1.54) is 11.6 Å². The van der Waals surface area contributed by atoms with Gasteiger partial charge in [-0.1, -0.05) is 29.4 Å². The number of carbonyl (C=O) groups is 1. The maximum atomic E-state index is 13.3. The molecule has 3 aliphatic rings. The van der Waals surface area contributed by atoms with Gasteiger partial charge in [-0.2, -0.15) is 13.2 Å². The van der Waals surface area contributed by atoms with Gasteiger partial charge in [-0.3, -0.25) is 4.79 Å². The number of ether oxygens (including phenoxy) is 1. The van der Waals surface area contributed by atoms with Crippen molar-refractivity contribution in [1.29, 1.82) is 0 Å². The minimum Gasteiger partial charge on any atom is -0.473 e. The highest BCUT2D eigenvalue weighted by Crippen LogP contribution is 2.38. The van der Waals surface area contributed by atoms with Crippen LogP contribution >= 0.6 is 0 Å². The van der Waals surface area contributed by atoms with E-state index in [-0.39, 0.29) is 25.1 Å². The minimum absolute atomic E-state index is 0.0336. The Bertz CT molecular complexity index is 1190. The number of piperidine rings is 1. The SMILES string of the molecule is CC(C)(N=O)c1cccc(C2CCN(C3CCC(C(=O)N4COc5ccc(C(F)(F)F)cc5C4)C3)CC2)c1. The van der Waals surface area contributed by atoms with E-state index in [0.717, 1.165) is 62.9 Å². The molecule has 0 aromatic heterocycles. The second kappa shape index (κ2) is 10.3. The van der Waals surface area contributed by atoms with Gasteiger partial charge in [-0.15, -0.1) is 4.91 Å². The molecule has 2 atom stereocenters. The molecular formula is C29H34F3N3O3. The van der Waals surface area contributed by atoms with Crippen molar-refractivity contribution in [2.75, 3.05) is 19.8 Å². The molecule has 5 rings (SSSR count). The second-order valence-electron chi connectivity index (χ2n) is 11.4. The van der Waals surface area contributed by atoms with Crippen LogP contribution in [-0.2, 0) is 23.1 Å². The summed E-state index contributed by atoms with van der Waals surface area (Å²) >= 11 is 0. The van der Waals surface area contributed by atoms with Crippen LogP contribution in [0, 0.1) is 10.8 Å². The number of carbonyl (C=O) groups excluding carboxylic acids is 1. The van der Waals surface area contributed by atoms with E-state index < -0.39 is 17.3 Å². The lowest BCUT2D eigenvalue weighted by Crippen LogP contribution is -2.42. The Labute approximate surface area is 221 Å². The number of rotatable bonds is 5. The third-order valence-corrected chi connectivity index (χ3v) is 8.53. The van der Waals surface area contributed by atoms with Gasteiger partial charge in [-0.25, -0.2) is 0 Å². The molecular weight excluding hydrogens is 495 g/mol. The molecule has 0 bridgehead atoms. The normalized spacial score (nSPS) is 23.1. The number of alkyl halides is 3. The first-order valence-electron chi connectivity index (χ1n) is 13.4. The number of halogens is 3. The Morgan fingerprint density at radius 3 is 2.47 bits per heavy atom. The summed E-state index contributed by atoms with van der Waals surface area (Å²) in [5.41, 5.74) is 1.10. The van der Waals surface area contributed by atoms with Gasteiger partial charge in [0.25, 0.3) is 0 Å². The highest BCUT2D eigenvalue weighted by Gasteiger charge is 2.38. The lowest BCUT2D eigenvalue weighted by Gasteiger charge is -2.37. The largest absolute Gasteiger partial charge is 0.473 e. The van der Waals surface area contributed by atoms with Crippen LogP contribution in [0.15, 0.2) is 47.6 Å². The fourth-order valence-corrected chi connectivity index (χ4v) is 6.16. The van der Waals surface area contributed by atoms with Crippen molar-refractivity contribution in [3.8, 4) is 5.75 Å². The van der Waals surface area contributed by atoms with Crippen LogP contribution in [0.1, 0.15) is 74.1 Å². The topological polar surface area (TPSA) is 62.2 Å². The van der Waals surface area contributed by atoms with Crippen molar-refractivity contribution in [2.24, 2.45) is 11.1 Å². The van der Waals surface area contributed by atoms with Gasteiger partial charge >= 0.3 is 6.18 Å². The molecule has 1 aliphatic carbocycles. The molecule has 2 fully saturated rings. The van der Waals surface area contributed by atoms with E-state index in [0.29, 0.717) is 23.3 Å². The molecule has 2 aromatic rings. The fraction of sp³-hybridized carbons (Fsp3) is 0.552. The van der Waals surface area contributed by atoms with Crippen LogP contribution < -0.4 is 4.74 Å². The Kier molecular flexibility index (Phi) is 7.24. The summed E-state index contributed by atoms with van der Waals surface area (Å²) in [5, 5.41) is 3.28. The lowest BCUT2D eigenvalue weighted by atomic mass is 9.85. The van der Waals surface area contributed by atoms with Crippen molar-refractivity contribution in [1.82, 2.24) is 9.80 Å². The highest BCUT2D eigenvalue weighted by atomic mass is 19.4. The molecule has 1 saturated carbocycles. The first kappa shape index (κ1) is 26.7. The molecule has 0 spiro atoms. The van der Waals surface area contributed by atoms with Gasteiger partial charge in [0.2, 0.25) is 5.91 Å². The molecule has 1 amide bonds. The zero-order valence-corrected chi connectivity index (χ0v) is 21.8. The molecule has 6 nitrogen and oxygen atoms in total. The first-order chi connectivity index (χ1) is 18.0. The van der Waals surface area contributed by atoms with Gasteiger partial charge in [0, 0.05) is 17.5 Å². The van der Waals surface area contributed by atoms with E-state index in [9.17, 15) is 22.9 Å². The Balaban J connectivity index is 1.16. The van der Waals surface area contributed by atoms with E-state index in [1.54, 1.807) is 4.90 Å². The number of benzene rings is 2. The van der Waals surface area contributed by atoms with Crippen LogP contribution in [0.25, 0.3) is 0 Å². The average molecular weight is 530 g/mol. The van der Waals surface area contributed by atoms with Gasteiger partial charge in [0.05, 0.1) is 12.1 Å². The van der Waals surface area contributed by atoms with Gasteiger partial charge in [0.15, 0.2) is 6.73 Å². The lowest BCUT2D eigenvalue weighted by molar-refractivity contribution is -0.140. The van der Waals surface area contributed by atoms with Crippen molar-refractivity contribution in [3.05, 3.63) is 69.6 Å². The Morgan fingerprint density at radius 1 is 1.00 bits per heavy atom. The summed E-state index contributed by atoms with van der Waals surface area (Å²) in [7, 11) is 0. The van der Waals surface area contributed by atoms with Gasteiger partial charge in [0.1, 0.15) is 11.3 Å². The Hall–Kier alpha value is -2.94. The standard InChI is InChI=1S/C29H34F3N3O3/c1-28(2,33-37)23-5-3-4-20(14-23)19-10-12-34(13-11-19)25-8-6-21(16-25)27(36)35-17-22-15-24(29(30,31)32)7-9-26(22)38-18-35/h3-5,7,9,14-15,19,21,25H,6,8,10-13,16-18H2,1-2H3. The monoisotopic (exact) mass is 529 g/mol. The molecule has 2 aromatic carbocycles. The van der Waals surface area contributed by atoms with Crippen molar-refractivity contribution >= 4 is 5.91 Å². The third-order valence-electron chi connectivity index (χ3n) is 8.53. The molecule has 1 saturated heterocycles. The number of nitroso groups, excluding NO2 is 1. The van der Waals surface area contributed by atoms with Gasteiger partial charge < -0.3 is 14.5 Å². The summed E-state index contributed by atoms with van der Waals surface area (Å²) in [6.07, 6.45) is 0.103. The summed E-state index contributed by atoms with van der Waals surface area (Å²) < 4.78 is 45.0. The quantitative estimate of drug-likeness (QED) is 0.419. The van der Waals surface area contributed by atoms with E-state index >= 15 is 0 Å². The molecule has 0 N–H and O–H groups in total. The molecule has 9 heteroatoms. The molecule has 2 heterocycles. The minimum atomic E-state index is -4.43. The summed E-state index contributed by atoms with van der Waals surface area (Å²) in [6, 6.07) is 12.0.